The number of hydrogen-bond acceptors (Lipinski definition) is 1. The van der Waals surface area contributed by atoms with Gasteiger partial charge in [0.25, 0.3) is 0 Å². The van der Waals surface area contributed by atoms with Crippen LogP contribution in [0, 0.1) is 19.8 Å². The van der Waals surface area contributed by atoms with Gasteiger partial charge < -0.3 is 5.73 Å². The minimum absolute atomic E-state index is 0.695. The third-order valence-electron chi connectivity index (χ3n) is 2.94. The summed E-state index contributed by atoms with van der Waals surface area (Å²) in [6.45, 7) is 7.45. The molecule has 1 aromatic rings. The van der Waals surface area contributed by atoms with Crippen LogP contribution >= 0.6 is 0 Å². The fourth-order valence-electron chi connectivity index (χ4n) is 1.79. The van der Waals surface area contributed by atoms with E-state index < -0.39 is 0 Å². The summed E-state index contributed by atoms with van der Waals surface area (Å²) >= 11 is 0. The molecule has 0 bridgehead atoms. The first-order valence-corrected chi connectivity index (χ1v) is 5.40. The van der Waals surface area contributed by atoms with Gasteiger partial charge in [0.15, 0.2) is 0 Å². The molecule has 0 saturated carbocycles. The molecule has 0 fully saturated rings. The van der Waals surface area contributed by atoms with Crippen molar-refractivity contribution in [3.8, 4) is 0 Å². The summed E-state index contributed by atoms with van der Waals surface area (Å²) in [5.41, 5.74) is 9.86. The Labute approximate surface area is 87.3 Å². The number of rotatable bonds is 4. The van der Waals surface area contributed by atoms with Crippen LogP contribution in [0.25, 0.3) is 0 Å². The first-order chi connectivity index (χ1) is 6.65. The molecule has 0 aliphatic heterocycles. The van der Waals surface area contributed by atoms with Gasteiger partial charge in [-0.15, -0.1) is 0 Å². The Balaban J connectivity index is 2.71. The summed E-state index contributed by atoms with van der Waals surface area (Å²) in [5, 5.41) is 0. The van der Waals surface area contributed by atoms with E-state index in [2.05, 4.69) is 39.0 Å². The Kier molecular flexibility index (Phi) is 4.15. The summed E-state index contributed by atoms with van der Waals surface area (Å²) in [4.78, 5) is 0. The van der Waals surface area contributed by atoms with E-state index in [0.29, 0.717) is 5.92 Å². The van der Waals surface area contributed by atoms with Crippen molar-refractivity contribution < 1.29 is 0 Å². The van der Waals surface area contributed by atoms with Crippen LogP contribution in [-0.2, 0) is 6.42 Å². The lowest BCUT2D eigenvalue weighted by atomic mass is 9.93. The molecular weight excluding hydrogens is 170 g/mol. The molecular formula is C13H21N. The fraction of sp³-hybridized carbons (Fsp3) is 0.538. The fourth-order valence-corrected chi connectivity index (χ4v) is 1.79. The predicted octanol–water partition coefficient (Wildman–Crippen LogP) is 2.83. The van der Waals surface area contributed by atoms with Gasteiger partial charge in [-0.1, -0.05) is 25.1 Å². The maximum atomic E-state index is 5.55. The molecule has 0 aromatic heterocycles. The highest BCUT2D eigenvalue weighted by Gasteiger charge is 2.05. The predicted molar refractivity (Wildman–Crippen MR) is 62.5 cm³/mol. The minimum atomic E-state index is 0.695. The van der Waals surface area contributed by atoms with E-state index in [9.17, 15) is 0 Å². The highest BCUT2D eigenvalue weighted by Crippen LogP contribution is 2.17. The molecule has 2 N–H and O–H groups in total. The van der Waals surface area contributed by atoms with E-state index in [-0.39, 0.29) is 0 Å². The maximum Gasteiger partial charge on any atom is -0.00746 e. The summed E-state index contributed by atoms with van der Waals surface area (Å²) in [6, 6.07) is 6.55. The second-order valence-corrected chi connectivity index (χ2v) is 4.25. The van der Waals surface area contributed by atoms with Crippen molar-refractivity contribution in [3.05, 3.63) is 34.9 Å². The Morgan fingerprint density at radius 1 is 1.29 bits per heavy atom. The van der Waals surface area contributed by atoms with Crippen LogP contribution < -0.4 is 5.73 Å². The molecule has 0 saturated heterocycles. The van der Waals surface area contributed by atoms with Gasteiger partial charge in [-0.2, -0.15) is 0 Å². The van der Waals surface area contributed by atoms with Crippen LogP contribution in [0.5, 0.6) is 0 Å². The molecule has 0 aliphatic carbocycles. The van der Waals surface area contributed by atoms with Gasteiger partial charge in [0.05, 0.1) is 0 Å². The number of benzene rings is 1. The highest BCUT2D eigenvalue weighted by molar-refractivity contribution is 5.33. The monoisotopic (exact) mass is 191 g/mol. The first-order valence-electron chi connectivity index (χ1n) is 5.40. The lowest BCUT2D eigenvalue weighted by Crippen LogP contribution is -2.09. The molecule has 0 amide bonds. The van der Waals surface area contributed by atoms with Crippen LogP contribution in [0.3, 0.4) is 0 Å². The van der Waals surface area contributed by atoms with Gasteiger partial charge >= 0.3 is 0 Å². The first kappa shape index (κ1) is 11.3. The van der Waals surface area contributed by atoms with Crippen LogP contribution in [0.15, 0.2) is 18.2 Å². The lowest BCUT2D eigenvalue weighted by Gasteiger charge is -2.13. The smallest absolute Gasteiger partial charge is 0.00746 e. The molecule has 14 heavy (non-hydrogen) atoms. The van der Waals surface area contributed by atoms with Crippen LogP contribution in [0.2, 0.25) is 0 Å². The van der Waals surface area contributed by atoms with E-state index in [0.717, 1.165) is 19.4 Å². The van der Waals surface area contributed by atoms with Crippen LogP contribution in [-0.4, -0.2) is 6.54 Å². The molecule has 1 rings (SSSR count). The SMILES string of the molecule is Cc1cccc(CC(C)CCN)c1C. The average Bonchev–Trinajstić information content (AvgIpc) is 2.13. The zero-order chi connectivity index (χ0) is 10.6. The Morgan fingerprint density at radius 3 is 2.64 bits per heavy atom. The average molecular weight is 191 g/mol. The van der Waals surface area contributed by atoms with Crippen LogP contribution in [0.4, 0.5) is 0 Å². The van der Waals surface area contributed by atoms with E-state index in [1.165, 1.54) is 16.7 Å². The van der Waals surface area contributed by atoms with Crippen molar-refractivity contribution in [2.75, 3.05) is 6.54 Å². The van der Waals surface area contributed by atoms with E-state index in [4.69, 9.17) is 5.73 Å². The molecule has 0 spiro atoms. The molecule has 1 nitrogen and oxygen atoms in total. The van der Waals surface area contributed by atoms with Crippen molar-refractivity contribution in [2.24, 2.45) is 11.7 Å². The molecule has 1 aromatic carbocycles. The van der Waals surface area contributed by atoms with Crippen molar-refractivity contribution in [1.82, 2.24) is 0 Å². The second kappa shape index (κ2) is 5.16. The maximum absolute atomic E-state index is 5.55. The number of aryl methyl sites for hydroxylation is 1. The zero-order valence-electron chi connectivity index (χ0n) is 9.51. The Morgan fingerprint density at radius 2 is 2.00 bits per heavy atom. The van der Waals surface area contributed by atoms with Gasteiger partial charge in [0.2, 0.25) is 0 Å². The molecule has 1 unspecified atom stereocenters. The van der Waals surface area contributed by atoms with Crippen LogP contribution in [0.1, 0.15) is 30.0 Å². The molecule has 1 atom stereocenters. The number of hydrogen-bond donors (Lipinski definition) is 1. The van der Waals surface area contributed by atoms with Crippen molar-refractivity contribution in [1.29, 1.82) is 0 Å². The lowest BCUT2D eigenvalue weighted by molar-refractivity contribution is 0.537. The van der Waals surface area contributed by atoms with E-state index in [1.54, 1.807) is 0 Å². The largest absolute Gasteiger partial charge is 0.330 e. The second-order valence-electron chi connectivity index (χ2n) is 4.25. The molecule has 0 aliphatic rings. The highest BCUT2D eigenvalue weighted by atomic mass is 14.5. The molecule has 1 heteroatoms. The summed E-state index contributed by atoms with van der Waals surface area (Å²) in [6.07, 6.45) is 2.28. The third kappa shape index (κ3) is 2.85. The van der Waals surface area contributed by atoms with Crippen molar-refractivity contribution in [3.63, 3.8) is 0 Å². The zero-order valence-corrected chi connectivity index (χ0v) is 9.51. The van der Waals surface area contributed by atoms with Gasteiger partial charge in [-0.25, -0.2) is 0 Å². The topological polar surface area (TPSA) is 26.0 Å². The van der Waals surface area contributed by atoms with Gasteiger partial charge in [-0.05, 0) is 55.8 Å². The summed E-state index contributed by atoms with van der Waals surface area (Å²) in [5.74, 6) is 0.695. The third-order valence-corrected chi connectivity index (χ3v) is 2.94. The molecule has 0 radical (unpaired) electrons. The minimum Gasteiger partial charge on any atom is -0.330 e. The normalized spacial score (nSPS) is 12.9. The number of nitrogens with two attached hydrogens (primary N) is 1. The summed E-state index contributed by atoms with van der Waals surface area (Å²) in [7, 11) is 0. The quantitative estimate of drug-likeness (QED) is 0.778. The Hall–Kier alpha value is -0.820. The Bertz CT molecular complexity index is 291. The van der Waals surface area contributed by atoms with E-state index >= 15 is 0 Å². The van der Waals surface area contributed by atoms with Gasteiger partial charge in [0, 0.05) is 0 Å². The summed E-state index contributed by atoms with van der Waals surface area (Å²) < 4.78 is 0. The van der Waals surface area contributed by atoms with Crippen molar-refractivity contribution in [2.45, 2.75) is 33.6 Å². The standard InChI is InChI=1S/C13H21N/c1-10(7-8-14)9-13-6-4-5-11(2)12(13)3/h4-6,10H,7-9,14H2,1-3H3. The van der Waals surface area contributed by atoms with Crippen molar-refractivity contribution >= 4 is 0 Å². The van der Waals surface area contributed by atoms with E-state index in [1.807, 2.05) is 0 Å². The van der Waals surface area contributed by atoms with Gasteiger partial charge in [0.1, 0.15) is 0 Å². The molecule has 78 valence electrons. The van der Waals surface area contributed by atoms with Gasteiger partial charge in [-0.3, -0.25) is 0 Å². The molecule has 0 heterocycles.